The zero-order valence-corrected chi connectivity index (χ0v) is 19.3. The Morgan fingerprint density at radius 3 is 2.60 bits per heavy atom. The first kappa shape index (κ1) is 24.7. The van der Waals surface area contributed by atoms with Gasteiger partial charge in [-0.3, -0.25) is 4.79 Å². The summed E-state index contributed by atoms with van der Waals surface area (Å²) < 4.78 is 51.6. The third-order valence-electron chi connectivity index (χ3n) is 6.12. The number of carbonyl (C=O) groups is 1. The molecule has 0 saturated carbocycles. The largest absolute Gasteiger partial charge is 0.490 e. The maximum Gasteiger partial charge on any atom is 0.419 e. The van der Waals surface area contributed by atoms with Crippen LogP contribution >= 0.6 is 0 Å². The molecule has 0 amide bonds. The predicted molar refractivity (Wildman–Crippen MR) is 122 cm³/mol. The fourth-order valence-corrected chi connectivity index (χ4v) is 4.08. The van der Waals surface area contributed by atoms with Gasteiger partial charge in [0.15, 0.2) is 0 Å². The summed E-state index contributed by atoms with van der Waals surface area (Å²) in [6, 6.07) is 11.2. The number of nitrogens with one attached hydrogen (secondary N) is 1. The van der Waals surface area contributed by atoms with Crippen LogP contribution in [-0.2, 0) is 11.0 Å². The third kappa shape index (κ3) is 5.82. The molecule has 3 atom stereocenters. The molecule has 2 heterocycles. The second-order valence-electron chi connectivity index (χ2n) is 8.75. The van der Waals surface area contributed by atoms with Gasteiger partial charge in [-0.05, 0) is 56.0 Å². The lowest BCUT2D eigenvalue weighted by Crippen LogP contribution is -2.15. The quantitative estimate of drug-likeness (QED) is 0.417. The highest BCUT2D eigenvalue weighted by Crippen LogP contribution is 2.39. The van der Waals surface area contributed by atoms with Crippen molar-refractivity contribution in [2.24, 2.45) is 5.92 Å². The van der Waals surface area contributed by atoms with Gasteiger partial charge in [0.1, 0.15) is 5.75 Å². The lowest BCUT2D eigenvalue weighted by molar-refractivity contribution is -0.139. The SMILES string of the molecule is CCC(C)Oc1ccc(-c2nc(-c3ccc(C4CC(CC(=O)O)CN4)cc3)no2)cc1C(F)(F)F. The molecular formula is C25H26F3N3O4. The summed E-state index contributed by atoms with van der Waals surface area (Å²) in [7, 11) is 0. The Morgan fingerprint density at radius 1 is 1.23 bits per heavy atom. The van der Waals surface area contributed by atoms with Crippen LogP contribution < -0.4 is 10.1 Å². The van der Waals surface area contributed by atoms with E-state index in [2.05, 4.69) is 15.5 Å². The van der Waals surface area contributed by atoms with Crippen LogP contribution in [0, 0.1) is 5.92 Å². The van der Waals surface area contributed by atoms with Gasteiger partial charge in [0, 0.05) is 23.6 Å². The Morgan fingerprint density at radius 2 is 1.94 bits per heavy atom. The molecule has 0 bridgehead atoms. The summed E-state index contributed by atoms with van der Waals surface area (Å²) in [5.74, 6) is -0.736. The van der Waals surface area contributed by atoms with E-state index in [1.54, 1.807) is 19.1 Å². The Kier molecular flexibility index (Phi) is 7.11. The molecule has 4 rings (SSSR count). The number of nitrogens with zero attached hydrogens (tertiary/aromatic N) is 2. The molecule has 0 aliphatic carbocycles. The zero-order chi connectivity index (χ0) is 25.2. The number of halogens is 3. The zero-order valence-electron chi connectivity index (χ0n) is 19.3. The van der Waals surface area contributed by atoms with Crippen LogP contribution in [0.3, 0.4) is 0 Å². The van der Waals surface area contributed by atoms with Crippen molar-refractivity contribution in [1.82, 2.24) is 15.5 Å². The molecule has 186 valence electrons. The van der Waals surface area contributed by atoms with Crippen LogP contribution in [0.5, 0.6) is 5.75 Å². The van der Waals surface area contributed by atoms with Gasteiger partial charge in [-0.1, -0.05) is 36.3 Å². The minimum atomic E-state index is -4.60. The van der Waals surface area contributed by atoms with Crippen LogP contribution in [0.25, 0.3) is 22.8 Å². The summed E-state index contributed by atoms with van der Waals surface area (Å²) >= 11 is 0. The van der Waals surface area contributed by atoms with Gasteiger partial charge in [0.2, 0.25) is 5.82 Å². The molecule has 3 aromatic rings. The molecule has 0 radical (unpaired) electrons. The minimum absolute atomic E-state index is 0.0290. The molecule has 7 nitrogen and oxygen atoms in total. The van der Waals surface area contributed by atoms with Crippen molar-refractivity contribution < 1.29 is 32.3 Å². The molecule has 1 fully saturated rings. The third-order valence-corrected chi connectivity index (χ3v) is 6.12. The van der Waals surface area contributed by atoms with Crippen molar-refractivity contribution >= 4 is 5.97 Å². The fourth-order valence-electron chi connectivity index (χ4n) is 4.08. The Hall–Kier alpha value is -3.40. The van der Waals surface area contributed by atoms with Crippen molar-refractivity contribution in [3.05, 3.63) is 53.6 Å². The lowest BCUT2D eigenvalue weighted by Gasteiger charge is -2.18. The van der Waals surface area contributed by atoms with Gasteiger partial charge >= 0.3 is 12.1 Å². The number of aromatic nitrogens is 2. The van der Waals surface area contributed by atoms with E-state index >= 15 is 0 Å². The average Bonchev–Trinajstić information content (AvgIpc) is 3.48. The highest BCUT2D eigenvalue weighted by Gasteiger charge is 2.35. The molecule has 1 saturated heterocycles. The van der Waals surface area contributed by atoms with Crippen molar-refractivity contribution in [3.63, 3.8) is 0 Å². The molecule has 2 N–H and O–H groups in total. The van der Waals surface area contributed by atoms with Crippen LogP contribution in [0.2, 0.25) is 0 Å². The van der Waals surface area contributed by atoms with E-state index in [0.29, 0.717) is 18.5 Å². The fraction of sp³-hybridized carbons (Fsp3) is 0.400. The number of hydrogen-bond acceptors (Lipinski definition) is 6. The molecule has 1 aromatic heterocycles. The van der Waals surface area contributed by atoms with Crippen LogP contribution in [-0.4, -0.2) is 33.9 Å². The van der Waals surface area contributed by atoms with E-state index in [1.807, 2.05) is 19.1 Å². The van der Waals surface area contributed by atoms with E-state index < -0.39 is 17.7 Å². The second-order valence-corrected chi connectivity index (χ2v) is 8.75. The number of carboxylic acid groups (broad SMARTS) is 1. The summed E-state index contributed by atoms with van der Waals surface area (Å²) in [6.07, 6.45) is -3.52. The average molecular weight is 489 g/mol. The Balaban J connectivity index is 1.52. The number of carboxylic acids is 1. The van der Waals surface area contributed by atoms with Crippen molar-refractivity contribution in [3.8, 4) is 28.6 Å². The van der Waals surface area contributed by atoms with Crippen LogP contribution in [0.4, 0.5) is 13.2 Å². The van der Waals surface area contributed by atoms with E-state index in [1.165, 1.54) is 12.1 Å². The highest BCUT2D eigenvalue weighted by molar-refractivity contribution is 5.67. The van der Waals surface area contributed by atoms with E-state index in [4.69, 9.17) is 14.4 Å². The number of aliphatic carboxylic acids is 1. The molecule has 0 spiro atoms. The Bertz CT molecular complexity index is 1180. The number of alkyl halides is 3. The minimum Gasteiger partial charge on any atom is -0.490 e. The van der Waals surface area contributed by atoms with E-state index in [-0.39, 0.29) is 47.5 Å². The monoisotopic (exact) mass is 489 g/mol. The van der Waals surface area contributed by atoms with Crippen molar-refractivity contribution in [1.29, 1.82) is 0 Å². The van der Waals surface area contributed by atoms with Crippen molar-refractivity contribution in [2.75, 3.05) is 6.54 Å². The maximum absolute atomic E-state index is 13.6. The molecule has 1 aliphatic heterocycles. The molecule has 10 heteroatoms. The number of benzene rings is 2. The normalized spacial score (nSPS) is 19.0. The second kappa shape index (κ2) is 10.1. The molecule has 3 unspecified atom stereocenters. The van der Waals surface area contributed by atoms with Crippen LogP contribution in [0.1, 0.15) is 50.3 Å². The summed E-state index contributed by atoms with van der Waals surface area (Å²) in [5, 5.41) is 16.2. The topological polar surface area (TPSA) is 97.5 Å². The number of ether oxygens (including phenoxy) is 1. The van der Waals surface area contributed by atoms with E-state index in [9.17, 15) is 18.0 Å². The van der Waals surface area contributed by atoms with Gasteiger partial charge in [-0.15, -0.1) is 0 Å². The highest BCUT2D eigenvalue weighted by atomic mass is 19.4. The van der Waals surface area contributed by atoms with Crippen LogP contribution in [0.15, 0.2) is 47.0 Å². The predicted octanol–water partition coefficient (Wildman–Crippen LogP) is 5.73. The van der Waals surface area contributed by atoms with Gasteiger partial charge in [0.25, 0.3) is 5.89 Å². The van der Waals surface area contributed by atoms with Crippen molar-refractivity contribution in [2.45, 2.75) is 51.4 Å². The summed E-state index contributed by atoms with van der Waals surface area (Å²) in [5.41, 5.74) is 0.905. The lowest BCUT2D eigenvalue weighted by atomic mass is 9.97. The standard InChI is InChI=1S/C25H26F3N3O4/c1-3-14(2)34-21-9-8-18(12-19(21)25(26,27)28)24-30-23(31-35-24)17-6-4-16(5-7-17)20-10-15(13-29-20)11-22(32)33/h4-9,12,14-15,20,29H,3,10-11,13H2,1-2H3,(H,32,33). The molecule has 2 aromatic carbocycles. The smallest absolute Gasteiger partial charge is 0.419 e. The first-order valence-electron chi connectivity index (χ1n) is 11.4. The first-order valence-corrected chi connectivity index (χ1v) is 11.4. The number of rotatable bonds is 8. The molecule has 1 aliphatic rings. The molecule has 35 heavy (non-hydrogen) atoms. The van der Waals surface area contributed by atoms with Gasteiger partial charge < -0.3 is 19.7 Å². The van der Waals surface area contributed by atoms with E-state index in [0.717, 1.165) is 18.1 Å². The Labute approximate surface area is 200 Å². The first-order chi connectivity index (χ1) is 16.6. The van der Waals surface area contributed by atoms with Gasteiger partial charge in [-0.2, -0.15) is 18.2 Å². The summed E-state index contributed by atoms with van der Waals surface area (Å²) in [6.45, 7) is 4.19. The molecular weight excluding hydrogens is 463 g/mol. The van der Waals surface area contributed by atoms with Gasteiger partial charge in [0.05, 0.1) is 11.7 Å². The number of hydrogen-bond donors (Lipinski definition) is 2. The maximum atomic E-state index is 13.6. The van der Waals surface area contributed by atoms with Gasteiger partial charge in [-0.25, -0.2) is 0 Å². The summed E-state index contributed by atoms with van der Waals surface area (Å²) in [4.78, 5) is 15.2.